The van der Waals surface area contributed by atoms with Crippen LogP contribution in [0.1, 0.15) is 63.5 Å². The molecule has 39 heavy (non-hydrogen) atoms. The molecule has 208 valence electrons. The minimum absolute atomic E-state index is 0.0766. The third-order valence-electron chi connectivity index (χ3n) is 9.75. The second kappa shape index (κ2) is 10.8. The highest BCUT2D eigenvalue weighted by molar-refractivity contribution is 6.08. The maximum absolute atomic E-state index is 13.7. The highest BCUT2D eigenvalue weighted by Gasteiger charge is 2.50. The van der Waals surface area contributed by atoms with Crippen LogP contribution in [0.3, 0.4) is 0 Å². The zero-order chi connectivity index (χ0) is 27.8. The highest BCUT2D eigenvalue weighted by atomic mass is 16.2. The van der Waals surface area contributed by atoms with Gasteiger partial charge in [-0.2, -0.15) is 0 Å². The van der Waals surface area contributed by atoms with Crippen LogP contribution in [0.2, 0.25) is 0 Å². The van der Waals surface area contributed by atoms with Crippen molar-refractivity contribution in [1.82, 2.24) is 10.2 Å². The first-order valence-corrected chi connectivity index (χ1v) is 14.4. The second-order valence-electron chi connectivity index (χ2n) is 12.3. The van der Waals surface area contributed by atoms with Crippen molar-refractivity contribution in [2.24, 2.45) is 17.1 Å². The Morgan fingerprint density at radius 2 is 1.69 bits per heavy atom. The number of nitrogens with two attached hydrogens (primary N) is 1. The van der Waals surface area contributed by atoms with Gasteiger partial charge in [0.2, 0.25) is 17.7 Å². The molecule has 2 aromatic rings. The molecule has 2 aliphatic heterocycles. The van der Waals surface area contributed by atoms with Crippen LogP contribution in [-0.2, 0) is 26.2 Å². The Hall–Kier alpha value is -3.19. The molecule has 1 aliphatic carbocycles. The predicted octanol–water partition coefficient (Wildman–Crippen LogP) is 3.79. The number of rotatable bonds is 8. The van der Waals surface area contributed by atoms with Gasteiger partial charge in [-0.05, 0) is 82.5 Å². The lowest BCUT2D eigenvalue weighted by Crippen LogP contribution is -2.51. The Kier molecular flexibility index (Phi) is 7.55. The number of anilines is 1. The van der Waals surface area contributed by atoms with Crippen LogP contribution in [0.15, 0.2) is 54.6 Å². The van der Waals surface area contributed by atoms with E-state index in [2.05, 4.69) is 23.5 Å². The average molecular weight is 531 g/mol. The van der Waals surface area contributed by atoms with E-state index in [-0.39, 0.29) is 35.7 Å². The van der Waals surface area contributed by atoms with Gasteiger partial charge in [-0.3, -0.25) is 14.4 Å². The molecule has 7 heteroatoms. The lowest BCUT2D eigenvalue weighted by atomic mass is 9.68. The van der Waals surface area contributed by atoms with Gasteiger partial charge in [-0.1, -0.05) is 48.5 Å². The van der Waals surface area contributed by atoms with E-state index in [0.717, 1.165) is 36.1 Å². The van der Waals surface area contributed by atoms with Crippen molar-refractivity contribution in [3.05, 3.63) is 65.7 Å². The first-order valence-electron chi connectivity index (χ1n) is 14.4. The standard InChI is InChI=1S/C32H42N4O3/c1-31(2)26-11-7-8-12-27(26)36(30(31)39)25-14-17-35(18-15-25)28(37)20-23(19-22-9-5-4-6-10-22)32(29(33)38)16-13-24(21-32)34-3/h4-12,23-25,34H,13-21H2,1-3H3,(H2,33,38)/t23-,24?,32?/m0/s1. The number of nitrogens with zero attached hydrogens (tertiary/aromatic N) is 2. The van der Waals surface area contributed by atoms with Gasteiger partial charge in [0.05, 0.1) is 10.8 Å². The molecular weight excluding hydrogens is 488 g/mol. The molecule has 3 atom stereocenters. The quantitative estimate of drug-likeness (QED) is 0.543. The Morgan fingerprint density at radius 1 is 1.03 bits per heavy atom. The fourth-order valence-electron chi connectivity index (χ4n) is 7.29. The van der Waals surface area contributed by atoms with Crippen LogP contribution in [0, 0.1) is 11.3 Å². The third kappa shape index (κ3) is 4.97. The van der Waals surface area contributed by atoms with Gasteiger partial charge in [0, 0.05) is 37.3 Å². The molecule has 2 aromatic carbocycles. The average Bonchev–Trinajstić information content (AvgIpc) is 3.47. The minimum Gasteiger partial charge on any atom is -0.369 e. The van der Waals surface area contributed by atoms with Gasteiger partial charge in [-0.15, -0.1) is 0 Å². The lowest BCUT2D eigenvalue weighted by molar-refractivity contribution is -0.137. The van der Waals surface area contributed by atoms with Gasteiger partial charge < -0.3 is 20.9 Å². The molecule has 1 saturated carbocycles. The van der Waals surface area contributed by atoms with Crippen molar-refractivity contribution >= 4 is 23.4 Å². The summed E-state index contributed by atoms with van der Waals surface area (Å²) in [7, 11) is 1.92. The molecule has 2 fully saturated rings. The lowest BCUT2D eigenvalue weighted by Gasteiger charge is -2.40. The molecule has 1 saturated heterocycles. The zero-order valence-corrected chi connectivity index (χ0v) is 23.5. The zero-order valence-electron chi connectivity index (χ0n) is 23.5. The van der Waals surface area contributed by atoms with Gasteiger partial charge in [0.1, 0.15) is 0 Å². The van der Waals surface area contributed by atoms with Crippen molar-refractivity contribution in [3.63, 3.8) is 0 Å². The number of hydrogen-bond donors (Lipinski definition) is 2. The minimum atomic E-state index is -0.700. The van der Waals surface area contributed by atoms with E-state index in [1.165, 1.54) is 0 Å². The monoisotopic (exact) mass is 530 g/mol. The van der Waals surface area contributed by atoms with Crippen LogP contribution >= 0.6 is 0 Å². The molecular formula is C32H42N4O3. The van der Waals surface area contributed by atoms with Crippen LogP contribution in [-0.4, -0.2) is 54.8 Å². The number of carbonyl (C=O) groups is 3. The smallest absolute Gasteiger partial charge is 0.237 e. The summed E-state index contributed by atoms with van der Waals surface area (Å²) in [4.78, 5) is 44.1. The number of carbonyl (C=O) groups excluding carboxylic acids is 3. The van der Waals surface area contributed by atoms with Crippen LogP contribution in [0.4, 0.5) is 5.69 Å². The highest BCUT2D eigenvalue weighted by Crippen LogP contribution is 2.48. The van der Waals surface area contributed by atoms with Gasteiger partial charge in [-0.25, -0.2) is 0 Å². The molecule has 3 amide bonds. The number of benzene rings is 2. The van der Waals surface area contributed by atoms with Gasteiger partial charge in [0.25, 0.3) is 0 Å². The number of para-hydroxylation sites is 1. The predicted molar refractivity (Wildman–Crippen MR) is 153 cm³/mol. The molecule has 0 aromatic heterocycles. The second-order valence-corrected chi connectivity index (χ2v) is 12.3. The Bertz CT molecular complexity index is 1220. The first kappa shape index (κ1) is 27.4. The molecule has 0 bridgehead atoms. The summed E-state index contributed by atoms with van der Waals surface area (Å²) in [6, 6.07) is 18.5. The number of amides is 3. The molecule has 3 aliphatic rings. The summed E-state index contributed by atoms with van der Waals surface area (Å²) < 4.78 is 0. The Labute approximate surface area is 232 Å². The fourth-order valence-corrected chi connectivity index (χ4v) is 7.29. The normalized spacial score (nSPS) is 25.5. The van der Waals surface area contributed by atoms with Gasteiger partial charge >= 0.3 is 0 Å². The topological polar surface area (TPSA) is 95.7 Å². The summed E-state index contributed by atoms with van der Waals surface area (Å²) in [6.45, 7) is 5.21. The number of likely N-dealkylation sites (tertiary alicyclic amines) is 1. The van der Waals surface area contributed by atoms with Crippen molar-refractivity contribution in [2.45, 2.75) is 76.3 Å². The summed E-state index contributed by atoms with van der Waals surface area (Å²) in [5, 5.41) is 3.32. The van der Waals surface area contributed by atoms with E-state index in [4.69, 9.17) is 5.73 Å². The number of primary amides is 1. The van der Waals surface area contributed by atoms with Crippen LogP contribution in [0.25, 0.3) is 0 Å². The fraction of sp³-hybridized carbons (Fsp3) is 0.531. The van der Waals surface area contributed by atoms with E-state index in [1.54, 1.807) is 0 Å². The molecule has 2 unspecified atom stereocenters. The Morgan fingerprint density at radius 3 is 2.33 bits per heavy atom. The number of hydrogen-bond acceptors (Lipinski definition) is 4. The largest absolute Gasteiger partial charge is 0.369 e. The number of nitrogens with one attached hydrogen (secondary N) is 1. The SMILES string of the molecule is CNC1CCC(C(N)=O)([C@H](CC(=O)N2CCC(N3C(=O)C(C)(C)c4ccccc43)CC2)Cc2ccccc2)C1. The van der Waals surface area contributed by atoms with Gasteiger partial charge in [0.15, 0.2) is 0 Å². The summed E-state index contributed by atoms with van der Waals surface area (Å²) in [5.41, 5.74) is 8.05. The van der Waals surface area contributed by atoms with E-state index >= 15 is 0 Å². The maximum atomic E-state index is 13.7. The molecule has 0 radical (unpaired) electrons. The summed E-state index contributed by atoms with van der Waals surface area (Å²) in [6.07, 6.45) is 4.69. The van der Waals surface area contributed by atoms with E-state index in [0.29, 0.717) is 38.8 Å². The van der Waals surface area contributed by atoms with Crippen molar-refractivity contribution in [1.29, 1.82) is 0 Å². The Balaban J connectivity index is 1.30. The van der Waals surface area contributed by atoms with Crippen LogP contribution in [0.5, 0.6) is 0 Å². The molecule has 7 nitrogen and oxygen atoms in total. The molecule has 3 N–H and O–H groups in total. The van der Waals surface area contributed by atoms with Crippen molar-refractivity contribution in [3.8, 4) is 0 Å². The number of fused-ring (bicyclic) bond motifs is 1. The van der Waals surface area contributed by atoms with E-state index < -0.39 is 10.8 Å². The maximum Gasteiger partial charge on any atom is 0.237 e. The first-order chi connectivity index (χ1) is 18.7. The number of piperidine rings is 1. The summed E-state index contributed by atoms with van der Waals surface area (Å²) >= 11 is 0. The molecule has 0 spiro atoms. The van der Waals surface area contributed by atoms with E-state index in [1.807, 2.05) is 67.1 Å². The molecule has 5 rings (SSSR count). The third-order valence-corrected chi connectivity index (χ3v) is 9.75. The van der Waals surface area contributed by atoms with Crippen molar-refractivity contribution in [2.75, 3.05) is 25.0 Å². The van der Waals surface area contributed by atoms with Crippen LogP contribution < -0.4 is 16.0 Å². The van der Waals surface area contributed by atoms with Crippen molar-refractivity contribution < 1.29 is 14.4 Å². The summed E-state index contributed by atoms with van der Waals surface area (Å²) in [5.74, 6) is -0.230. The van der Waals surface area contributed by atoms with E-state index in [9.17, 15) is 14.4 Å². The molecule has 2 heterocycles.